The van der Waals surface area contributed by atoms with Crippen LogP contribution in [0, 0.1) is 0 Å². The van der Waals surface area contributed by atoms with Gasteiger partial charge in [-0.15, -0.1) is 24.8 Å². The van der Waals surface area contributed by atoms with Crippen molar-refractivity contribution in [1.29, 1.82) is 0 Å². The van der Waals surface area contributed by atoms with Crippen LogP contribution in [0.4, 0.5) is 18.9 Å². The third-order valence-corrected chi connectivity index (χ3v) is 3.06. The summed E-state index contributed by atoms with van der Waals surface area (Å²) in [5.74, 6) is -1.83. The van der Waals surface area contributed by atoms with Crippen LogP contribution in [0.3, 0.4) is 0 Å². The molecule has 0 radical (unpaired) electrons. The van der Waals surface area contributed by atoms with E-state index in [0.717, 1.165) is 4.90 Å². The van der Waals surface area contributed by atoms with E-state index in [1.165, 1.54) is 24.5 Å². The van der Waals surface area contributed by atoms with Gasteiger partial charge < -0.3 is 5.32 Å². The Hall–Kier alpha value is -1.05. The molecule has 0 spiro atoms. The fourth-order valence-electron chi connectivity index (χ4n) is 2.19. The Morgan fingerprint density at radius 2 is 1.90 bits per heavy atom. The van der Waals surface area contributed by atoms with Crippen LogP contribution < -0.4 is 10.2 Å². The highest BCUT2D eigenvalue weighted by molar-refractivity contribution is 5.97. The molecule has 0 unspecified atom stereocenters. The predicted molar refractivity (Wildman–Crippen MR) is 78.2 cm³/mol. The Balaban J connectivity index is 0.00000200. The molecule has 0 saturated carbocycles. The lowest BCUT2D eigenvalue weighted by atomic mass is 10.0. The highest BCUT2D eigenvalue weighted by Gasteiger charge is 2.45. The molecule has 120 valence electrons. The number of hydrogen-bond donors (Lipinski definition) is 1. The van der Waals surface area contributed by atoms with Gasteiger partial charge in [0, 0.05) is 12.2 Å². The molecule has 4 nitrogen and oxygen atoms in total. The molecule has 0 aromatic carbocycles. The first kappa shape index (κ1) is 19.9. The lowest BCUT2D eigenvalue weighted by molar-refractivity contribution is -0.171. The zero-order valence-electron chi connectivity index (χ0n) is 11.0. The minimum Gasteiger partial charge on any atom is -0.317 e. The third-order valence-electron chi connectivity index (χ3n) is 3.06. The molecule has 1 amide bonds. The molecule has 0 atom stereocenters. The summed E-state index contributed by atoms with van der Waals surface area (Å²) in [5.41, 5.74) is 0.191. The summed E-state index contributed by atoms with van der Waals surface area (Å²) in [5, 5.41) is 3.06. The molecule has 2 heterocycles. The molecular formula is C12H16Cl2F3N3O. The molecule has 1 N–H and O–H groups in total. The maximum Gasteiger partial charge on any atom is 0.471 e. The van der Waals surface area contributed by atoms with Gasteiger partial charge in [-0.05, 0) is 38.1 Å². The zero-order valence-corrected chi connectivity index (χ0v) is 12.6. The van der Waals surface area contributed by atoms with Crippen LogP contribution in [0.1, 0.15) is 12.8 Å². The maximum absolute atomic E-state index is 12.7. The molecule has 1 aliphatic rings. The minimum absolute atomic E-state index is 0. The van der Waals surface area contributed by atoms with Crippen molar-refractivity contribution < 1.29 is 18.0 Å². The Kier molecular flexibility index (Phi) is 7.99. The van der Waals surface area contributed by atoms with Gasteiger partial charge in [0.15, 0.2) is 0 Å². The monoisotopic (exact) mass is 345 g/mol. The van der Waals surface area contributed by atoms with Crippen LogP contribution >= 0.6 is 24.8 Å². The Morgan fingerprint density at radius 3 is 2.38 bits per heavy atom. The van der Waals surface area contributed by atoms with Crippen molar-refractivity contribution >= 4 is 36.4 Å². The Bertz CT molecular complexity index is 439. The number of hydrogen-bond acceptors (Lipinski definition) is 3. The highest BCUT2D eigenvalue weighted by atomic mass is 35.5. The van der Waals surface area contributed by atoms with Gasteiger partial charge in [-0.25, -0.2) is 0 Å². The molecule has 9 heteroatoms. The van der Waals surface area contributed by atoms with Gasteiger partial charge in [-0.3, -0.25) is 14.7 Å². The summed E-state index contributed by atoms with van der Waals surface area (Å²) >= 11 is 0. The normalized spacial score (nSPS) is 15.6. The number of anilines is 1. The van der Waals surface area contributed by atoms with Crippen molar-refractivity contribution in [2.75, 3.05) is 18.0 Å². The molecule has 2 rings (SSSR count). The van der Waals surface area contributed by atoms with Gasteiger partial charge in [0.25, 0.3) is 0 Å². The molecule has 1 aliphatic heterocycles. The summed E-state index contributed by atoms with van der Waals surface area (Å²) in [4.78, 5) is 16.2. The Labute approximate surface area is 132 Å². The van der Waals surface area contributed by atoms with Gasteiger partial charge in [-0.1, -0.05) is 0 Å². The van der Waals surface area contributed by atoms with E-state index in [1.807, 2.05) is 0 Å². The maximum atomic E-state index is 12.7. The summed E-state index contributed by atoms with van der Waals surface area (Å²) in [6, 6.07) is 2.55. The highest BCUT2D eigenvalue weighted by Crippen LogP contribution is 2.27. The standard InChI is InChI=1S/C12H14F3N3O.2ClH/c13-12(14,15)11(19)18(9-3-6-16-7-4-9)10-2-1-5-17-8-10;;/h1-2,5,8-9,16H,3-4,6-7H2;2*1H. The van der Waals surface area contributed by atoms with Crippen LogP contribution in [-0.4, -0.2) is 36.2 Å². The van der Waals surface area contributed by atoms with Crippen molar-refractivity contribution in [3.63, 3.8) is 0 Å². The number of nitrogens with one attached hydrogen (secondary N) is 1. The average Bonchev–Trinajstić information content (AvgIpc) is 2.40. The number of aromatic nitrogens is 1. The Morgan fingerprint density at radius 1 is 1.29 bits per heavy atom. The third kappa shape index (κ3) is 5.01. The van der Waals surface area contributed by atoms with Crippen molar-refractivity contribution in [3.8, 4) is 0 Å². The number of carbonyl (C=O) groups excluding carboxylic acids is 1. The lowest BCUT2D eigenvalue weighted by Gasteiger charge is -2.34. The van der Waals surface area contributed by atoms with Gasteiger partial charge in [0.1, 0.15) is 0 Å². The minimum atomic E-state index is -4.87. The summed E-state index contributed by atoms with van der Waals surface area (Å²) in [7, 11) is 0. The van der Waals surface area contributed by atoms with Gasteiger partial charge in [-0.2, -0.15) is 13.2 Å². The quantitative estimate of drug-likeness (QED) is 0.895. The molecule has 0 bridgehead atoms. The lowest BCUT2D eigenvalue weighted by Crippen LogP contribution is -2.51. The van der Waals surface area contributed by atoms with Gasteiger partial charge in [0.2, 0.25) is 0 Å². The number of amides is 1. The van der Waals surface area contributed by atoms with Crippen molar-refractivity contribution in [3.05, 3.63) is 24.5 Å². The number of halogens is 5. The van der Waals surface area contributed by atoms with E-state index in [1.54, 1.807) is 0 Å². The first-order valence-electron chi connectivity index (χ1n) is 6.01. The van der Waals surface area contributed by atoms with E-state index in [2.05, 4.69) is 10.3 Å². The fourth-order valence-corrected chi connectivity index (χ4v) is 2.19. The average molecular weight is 346 g/mol. The van der Waals surface area contributed by atoms with E-state index in [4.69, 9.17) is 0 Å². The van der Waals surface area contributed by atoms with Crippen molar-refractivity contribution in [1.82, 2.24) is 10.3 Å². The fraction of sp³-hybridized carbons (Fsp3) is 0.500. The van der Waals surface area contributed by atoms with Crippen LogP contribution in [0.5, 0.6) is 0 Å². The van der Waals surface area contributed by atoms with Crippen LogP contribution in [0.15, 0.2) is 24.5 Å². The predicted octanol–water partition coefficient (Wildman–Crippen LogP) is 2.57. The second kappa shape index (κ2) is 8.41. The summed E-state index contributed by atoms with van der Waals surface area (Å²) < 4.78 is 38.1. The van der Waals surface area contributed by atoms with E-state index >= 15 is 0 Å². The number of carbonyl (C=O) groups is 1. The van der Waals surface area contributed by atoms with Crippen LogP contribution in [0.2, 0.25) is 0 Å². The first-order valence-corrected chi connectivity index (χ1v) is 6.01. The van der Waals surface area contributed by atoms with Crippen LogP contribution in [0.25, 0.3) is 0 Å². The molecular weight excluding hydrogens is 330 g/mol. The van der Waals surface area contributed by atoms with Crippen LogP contribution in [-0.2, 0) is 4.79 Å². The molecule has 1 aromatic rings. The van der Waals surface area contributed by atoms with Crippen molar-refractivity contribution in [2.45, 2.75) is 25.1 Å². The summed E-state index contributed by atoms with van der Waals surface area (Å²) in [6.07, 6.45) is -1.14. The number of rotatable bonds is 2. The SMILES string of the molecule is Cl.Cl.O=C(N(c1cccnc1)C1CCNCC1)C(F)(F)F. The van der Waals surface area contributed by atoms with Crippen molar-refractivity contribution in [2.24, 2.45) is 0 Å². The van der Waals surface area contributed by atoms with Gasteiger partial charge >= 0.3 is 12.1 Å². The first-order chi connectivity index (χ1) is 9.00. The number of nitrogens with zero attached hydrogens (tertiary/aromatic N) is 2. The largest absolute Gasteiger partial charge is 0.471 e. The second-order valence-corrected chi connectivity index (χ2v) is 4.37. The topological polar surface area (TPSA) is 45.2 Å². The zero-order chi connectivity index (χ0) is 13.9. The number of alkyl halides is 3. The molecule has 1 saturated heterocycles. The number of pyridine rings is 1. The molecule has 1 fully saturated rings. The molecule has 0 aliphatic carbocycles. The smallest absolute Gasteiger partial charge is 0.317 e. The van der Waals surface area contributed by atoms with E-state index in [-0.39, 0.29) is 30.5 Å². The summed E-state index contributed by atoms with van der Waals surface area (Å²) in [6.45, 7) is 1.21. The number of piperidine rings is 1. The van der Waals surface area contributed by atoms with E-state index < -0.39 is 18.1 Å². The van der Waals surface area contributed by atoms with E-state index in [9.17, 15) is 18.0 Å². The van der Waals surface area contributed by atoms with E-state index in [0.29, 0.717) is 25.9 Å². The second-order valence-electron chi connectivity index (χ2n) is 4.37. The molecule has 1 aromatic heterocycles. The van der Waals surface area contributed by atoms with Gasteiger partial charge in [0.05, 0.1) is 11.9 Å². The molecule has 21 heavy (non-hydrogen) atoms.